The number of imidazole rings is 1. The fraction of sp³-hybridized carbons (Fsp3) is 0.267. The third kappa shape index (κ3) is 2.45. The maximum atomic E-state index is 5.85. The van der Waals surface area contributed by atoms with Crippen molar-refractivity contribution in [1.29, 1.82) is 0 Å². The maximum Gasteiger partial charge on any atom is 0.134 e. The lowest BCUT2D eigenvalue weighted by Crippen LogP contribution is -2.28. The molecule has 0 aliphatic heterocycles. The van der Waals surface area contributed by atoms with E-state index in [1.54, 1.807) is 6.20 Å². The van der Waals surface area contributed by atoms with Crippen molar-refractivity contribution in [3.8, 4) is 0 Å². The van der Waals surface area contributed by atoms with Gasteiger partial charge < -0.3 is 8.98 Å². The van der Waals surface area contributed by atoms with Gasteiger partial charge in [0.1, 0.15) is 17.2 Å². The Hall–Kier alpha value is -2.11. The molecule has 0 spiro atoms. The van der Waals surface area contributed by atoms with Crippen molar-refractivity contribution in [2.24, 2.45) is 12.9 Å². The van der Waals surface area contributed by atoms with Crippen molar-refractivity contribution in [3.63, 3.8) is 0 Å². The summed E-state index contributed by atoms with van der Waals surface area (Å²) in [6.45, 7) is 0. The lowest BCUT2D eigenvalue weighted by molar-refractivity contribution is 0.413. The van der Waals surface area contributed by atoms with E-state index in [9.17, 15) is 0 Å². The molecule has 0 saturated heterocycles. The second-order valence-electron chi connectivity index (χ2n) is 4.90. The van der Waals surface area contributed by atoms with Gasteiger partial charge in [-0.1, -0.05) is 18.2 Å². The summed E-state index contributed by atoms with van der Waals surface area (Å²) < 4.78 is 7.87. The van der Waals surface area contributed by atoms with Gasteiger partial charge in [0.2, 0.25) is 0 Å². The van der Waals surface area contributed by atoms with Gasteiger partial charge in [-0.05, 0) is 18.6 Å². The molecule has 0 bridgehead atoms. The fourth-order valence-corrected chi connectivity index (χ4v) is 2.39. The number of furan rings is 1. The fourth-order valence-electron chi connectivity index (χ4n) is 2.39. The van der Waals surface area contributed by atoms with Gasteiger partial charge in [-0.25, -0.2) is 10.4 Å². The number of aromatic nitrogens is 2. The molecule has 20 heavy (non-hydrogen) atoms. The molecule has 0 aliphatic rings. The zero-order valence-electron chi connectivity index (χ0n) is 11.4. The summed E-state index contributed by atoms with van der Waals surface area (Å²) in [7, 11) is 1.99. The van der Waals surface area contributed by atoms with Crippen LogP contribution in [-0.2, 0) is 13.5 Å². The smallest absolute Gasteiger partial charge is 0.134 e. The zero-order chi connectivity index (χ0) is 13.9. The molecule has 1 unspecified atom stereocenters. The Labute approximate surface area is 117 Å². The molecule has 2 heterocycles. The number of hydrazine groups is 1. The third-order valence-corrected chi connectivity index (χ3v) is 3.57. The van der Waals surface area contributed by atoms with Gasteiger partial charge >= 0.3 is 0 Å². The van der Waals surface area contributed by atoms with E-state index >= 15 is 0 Å². The topological polar surface area (TPSA) is 69.0 Å². The first-order valence-electron chi connectivity index (χ1n) is 6.68. The summed E-state index contributed by atoms with van der Waals surface area (Å²) in [6.07, 6.45) is 5.43. The van der Waals surface area contributed by atoms with Crippen LogP contribution in [0.1, 0.15) is 24.0 Å². The Morgan fingerprint density at radius 2 is 2.25 bits per heavy atom. The number of para-hydroxylation sites is 1. The van der Waals surface area contributed by atoms with Crippen LogP contribution in [0.5, 0.6) is 0 Å². The summed E-state index contributed by atoms with van der Waals surface area (Å²) in [5.74, 6) is 7.57. The highest BCUT2D eigenvalue weighted by Gasteiger charge is 2.15. The lowest BCUT2D eigenvalue weighted by atomic mass is 10.1. The number of fused-ring (bicyclic) bond motifs is 1. The molecular weight excluding hydrogens is 252 g/mol. The van der Waals surface area contributed by atoms with E-state index in [0.29, 0.717) is 0 Å². The Kier molecular flexibility index (Phi) is 3.54. The molecule has 2 aromatic heterocycles. The van der Waals surface area contributed by atoms with Crippen molar-refractivity contribution < 1.29 is 4.42 Å². The molecule has 1 aromatic carbocycles. The van der Waals surface area contributed by atoms with Crippen LogP contribution in [0.15, 0.2) is 47.1 Å². The minimum Gasteiger partial charge on any atom is -0.459 e. The average Bonchev–Trinajstić information content (AvgIpc) is 3.06. The lowest BCUT2D eigenvalue weighted by Gasteiger charge is -2.12. The summed E-state index contributed by atoms with van der Waals surface area (Å²) in [5.41, 5.74) is 3.72. The Morgan fingerprint density at radius 1 is 1.40 bits per heavy atom. The van der Waals surface area contributed by atoms with Crippen LogP contribution >= 0.6 is 0 Å². The number of nitrogens with two attached hydrogens (primary N) is 1. The summed E-state index contributed by atoms with van der Waals surface area (Å²) in [5, 5.41) is 1.10. The number of hydrogen-bond acceptors (Lipinski definition) is 4. The predicted molar refractivity (Wildman–Crippen MR) is 77.8 cm³/mol. The molecule has 0 aliphatic carbocycles. The van der Waals surface area contributed by atoms with Gasteiger partial charge in [-0.2, -0.15) is 0 Å². The highest BCUT2D eigenvalue weighted by Crippen LogP contribution is 2.25. The first-order chi connectivity index (χ1) is 9.78. The number of nitrogens with one attached hydrogen (secondary N) is 1. The second kappa shape index (κ2) is 5.48. The Balaban J connectivity index is 1.77. The number of nitrogens with zero attached hydrogens (tertiary/aromatic N) is 2. The molecule has 3 N–H and O–H groups in total. The van der Waals surface area contributed by atoms with Crippen LogP contribution < -0.4 is 11.3 Å². The van der Waals surface area contributed by atoms with Crippen LogP contribution in [0, 0.1) is 0 Å². The van der Waals surface area contributed by atoms with E-state index < -0.39 is 0 Å². The van der Waals surface area contributed by atoms with Gasteiger partial charge in [0, 0.05) is 31.2 Å². The van der Waals surface area contributed by atoms with Crippen molar-refractivity contribution in [1.82, 2.24) is 15.0 Å². The monoisotopic (exact) mass is 270 g/mol. The van der Waals surface area contributed by atoms with E-state index in [-0.39, 0.29) is 6.04 Å². The highest BCUT2D eigenvalue weighted by molar-refractivity contribution is 5.77. The van der Waals surface area contributed by atoms with Crippen molar-refractivity contribution in [2.75, 3.05) is 0 Å². The summed E-state index contributed by atoms with van der Waals surface area (Å²) >= 11 is 0. The Bertz CT molecular complexity index is 668. The van der Waals surface area contributed by atoms with E-state index in [1.165, 1.54) is 0 Å². The molecule has 3 aromatic rings. The molecule has 1 atom stereocenters. The van der Waals surface area contributed by atoms with E-state index in [1.807, 2.05) is 48.1 Å². The van der Waals surface area contributed by atoms with Crippen molar-refractivity contribution in [3.05, 3.63) is 54.3 Å². The molecule has 0 radical (unpaired) electrons. The van der Waals surface area contributed by atoms with Crippen molar-refractivity contribution >= 4 is 11.0 Å². The predicted octanol–water partition coefficient (Wildman–Crippen LogP) is 2.30. The molecule has 5 heteroatoms. The average molecular weight is 270 g/mol. The van der Waals surface area contributed by atoms with Gasteiger partial charge in [0.25, 0.3) is 0 Å². The normalized spacial score (nSPS) is 12.9. The first kappa shape index (κ1) is 12.9. The number of hydrogen-bond donors (Lipinski definition) is 2. The van der Waals surface area contributed by atoms with Crippen LogP contribution in [0.2, 0.25) is 0 Å². The third-order valence-electron chi connectivity index (χ3n) is 3.57. The maximum absolute atomic E-state index is 5.85. The molecule has 0 amide bonds. The molecule has 5 nitrogen and oxygen atoms in total. The molecule has 0 fully saturated rings. The quantitative estimate of drug-likeness (QED) is 0.551. The molecular formula is C15H18N4O. The van der Waals surface area contributed by atoms with Gasteiger partial charge in [-0.3, -0.25) is 5.84 Å². The van der Waals surface area contributed by atoms with Crippen LogP contribution in [0.4, 0.5) is 0 Å². The number of aryl methyl sites for hydroxylation is 2. The standard InChI is InChI=1S/C15H18N4O/c1-19-9-8-17-15(19)7-6-12(18-16)14-10-11-4-2-3-5-13(11)20-14/h2-5,8-10,12,18H,6-7,16H2,1H3. The second-order valence-corrected chi connectivity index (χ2v) is 4.90. The minimum absolute atomic E-state index is 0.0147. The van der Waals surface area contributed by atoms with E-state index in [2.05, 4.69) is 10.4 Å². The first-order valence-corrected chi connectivity index (χ1v) is 6.68. The summed E-state index contributed by atoms with van der Waals surface area (Å²) in [6, 6.07) is 9.99. The number of rotatable bonds is 5. The summed E-state index contributed by atoms with van der Waals surface area (Å²) in [4.78, 5) is 4.32. The Morgan fingerprint density at radius 3 is 2.95 bits per heavy atom. The number of benzene rings is 1. The van der Waals surface area contributed by atoms with Gasteiger partial charge in [0.05, 0.1) is 6.04 Å². The van der Waals surface area contributed by atoms with Crippen LogP contribution in [0.25, 0.3) is 11.0 Å². The SMILES string of the molecule is Cn1ccnc1CCC(NN)c1cc2ccccc2o1. The largest absolute Gasteiger partial charge is 0.459 e. The minimum atomic E-state index is -0.0147. The highest BCUT2D eigenvalue weighted by atomic mass is 16.3. The van der Waals surface area contributed by atoms with Crippen LogP contribution in [-0.4, -0.2) is 9.55 Å². The molecule has 3 rings (SSSR count). The van der Waals surface area contributed by atoms with Crippen LogP contribution in [0.3, 0.4) is 0 Å². The van der Waals surface area contributed by atoms with E-state index in [0.717, 1.165) is 35.4 Å². The molecule has 0 saturated carbocycles. The van der Waals surface area contributed by atoms with Gasteiger partial charge in [0.15, 0.2) is 0 Å². The van der Waals surface area contributed by atoms with E-state index in [4.69, 9.17) is 10.3 Å². The van der Waals surface area contributed by atoms with Gasteiger partial charge in [-0.15, -0.1) is 0 Å². The molecule has 104 valence electrons. The zero-order valence-corrected chi connectivity index (χ0v) is 11.4. The van der Waals surface area contributed by atoms with Crippen molar-refractivity contribution in [2.45, 2.75) is 18.9 Å².